The Kier molecular flexibility index (Phi) is 6.34. The van der Waals surface area contributed by atoms with Crippen LogP contribution in [-0.2, 0) is 17.5 Å². The lowest BCUT2D eigenvalue weighted by atomic mass is 9.92. The molecule has 1 aliphatic carbocycles. The van der Waals surface area contributed by atoms with Crippen LogP contribution in [0.1, 0.15) is 44.2 Å². The van der Waals surface area contributed by atoms with E-state index in [-0.39, 0.29) is 24.1 Å². The molecule has 1 saturated heterocycles. The zero-order valence-electron chi connectivity index (χ0n) is 16.5. The lowest BCUT2D eigenvalue weighted by Gasteiger charge is -2.38. The minimum Gasteiger partial charge on any atom is -0.368 e. The standard InChI is InChI=1S/C21H30F3N3O/c1-13(2)9-19(20(25)28)27(18-8-7-14-10-26-11-16(14)18)12-15-5-3-4-6-17(15)21(22,23)24/h3-6,13-14,16,18-19,26H,7-12H2,1-2H3,(H2,25,28)/t14?,16?,18?,19-/m1/s1. The van der Waals surface area contributed by atoms with Crippen LogP contribution in [0.5, 0.6) is 0 Å². The molecule has 156 valence electrons. The zero-order valence-corrected chi connectivity index (χ0v) is 16.5. The van der Waals surface area contributed by atoms with Gasteiger partial charge in [-0.05, 0) is 61.7 Å². The average Bonchev–Trinajstić information content (AvgIpc) is 3.20. The van der Waals surface area contributed by atoms with Gasteiger partial charge in [0.1, 0.15) is 0 Å². The van der Waals surface area contributed by atoms with Crippen LogP contribution in [0.15, 0.2) is 24.3 Å². The lowest BCUT2D eigenvalue weighted by molar-refractivity contribution is -0.138. The first-order valence-electron chi connectivity index (χ1n) is 10.1. The van der Waals surface area contributed by atoms with Crippen molar-refractivity contribution in [3.63, 3.8) is 0 Å². The summed E-state index contributed by atoms with van der Waals surface area (Å²) in [5, 5.41) is 3.39. The highest BCUT2D eigenvalue weighted by Gasteiger charge is 2.45. The molecule has 1 saturated carbocycles. The molecule has 0 aromatic heterocycles. The second-order valence-electron chi connectivity index (χ2n) is 8.60. The molecule has 1 aromatic rings. The summed E-state index contributed by atoms with van der Waals surface area (Å²) in [7, 11) is 0. The Labute approximate surface area is 164 Å². The average molecular weight is 397 g/mol. The van der Waals surface area contributed by atoms with Crippen LogP contribution in [-0.4, -0.2) is 36.0 Å². The fraction of sp³-hybridized carbons (Fsp3) is 0.667. The largest absolute Gasteiger partial charge is 0.416 e. The highest BCUT2D eigenvalue weighted by atomic mass is 19.4. The van der Waals surface area contributed by atoms with Crippen LogP contribution in [0.2, 0.25) is 0 Å². The Hall–Kier alpha value is -1.60. The van der Waals surface area contributed by atoms with Gasteiger partial charge >= 0.3 is 6.18 Å². The van der Waals surface area contributed by atoms with Crippen molar-refractivity contribution in [1.82, 2.24) is 10.2 Å². The number of amides is 1. The first-order valence-corrected chi connectivity index (χ1v) is 10.1. The second-order valence-corrected chi connectivity index (χ2v) is 8.60. The molecule has 2 aliphatic rings. The number of nitrogens with two attached hydrogens (primary N) is 1. The number of halogens is 3. The fourth-order valence-electron chi connectivity index (χ4n) is 4.98. The van der Waals surface area contributed by atoms with Crippen LogP contribution < -0.4 is 11.1 Å². The number of nitrogens with zero attached hydrogens (tertiary/aromatic N) is 1. The number of alkyl halides is 3. The molecule has 28 heavy (non-hydrogen) atoms. The van der Waals surface area contributed by atoms with Gasteiger partial charge in [-0.25, -0.2) is 0 Å². The van der Waals surface area contributed by atoms with Crippen molar-refractivity contribution >= 4 is 5.91 Å². The first kappa shape index (κ1) is 21.1. The first-order chi connectivity index (χ1) is 13.2. The quantitative estimate of drug-likeness (QED) is 0.741. The van der Waals surface area contributed by atoms with E-state index in [0.717, 1.165) is 32.0 Å². The summed E-state index contributed by atoms with van der Waals surface area (Å²) in [6.07, 6.45) is -1.94. The number of carbonyl (C=O) groups excluding carboxylic acids is 1. The number of rotatable bonds is 7. The van der Waals surface area contributed by atoms with Gasteiger partial charge in [-0.2, -0.15) is 13.2 Å². The van der Waals surface area contributed by atoms with Crippen LogP contribution in [0.3, 0.4) is 0 Å². The monoisotopic (exact) mass is 397 g/mol. The van der Waals surface area contributed by atoms with Gasteiger partial charge in [0.15, 0.2) is 0 Å². The van der Waals surface area contributed by atoms with Crippen molar-refractivity contribution in [2.45, 2.75) is 57.9 Å². The smallest absolute Gasteiger partial charge is 0.368 e. The van der Waals surface area contributed by atoms with Crippen LogP contribution in [0, 0.1) is 17.8 Å². The highest BCUT2D eigenvalue weighted by Crippen LogP contribution is 2.40. The summed E-state index contributed by atoms with van der Waals surface area (Å²) in [5.74, 6) is 0.648. The molecule has 0 radical (unpaired) electrons. The maximum absolute atomic E-state index is 13.5. The molecule has 4 atom stereocenters. The third kappa shape index (κ3) is 4.51. The molecular formula is C21H30F3N3O. The van der Waals surface area contributed by atoms with Gasteiger partial charge < -0.3 is 11.1 Å². The summed E-state index contributed by atoms with van der Waals surface area (Å²) >= 11 is 0. The van der Waals surface area contributed by atoms with Gasteiger partial charge in [-0.1, -0.05) is 32.0 Å². The van der Waals surface area contributed by atoms with Crippen LogP contribution in [0.4, 0.5) is 13.2 Å². The molecule has 0 bridgehead atoms. The van der Waals surface area contributed by atoms with E-state index < -0.39 is 23.7 Å². The molecular weight excluding hydrogens is 367 g/mol. The minimum absolute atomic E-state index is 0.0672. The van der Waals surface area contributed by atoms with Crippen LogP contribution >= 0.6 is 0 Å². The highest BCUT2D eigenvalue weighted by molar-refractivity contribution is 5.80. The molecule has 4 nitrogen and oxygen atoms in total. The second kappa shape index (κ2) is 8.41. The van der Waals surface area contributed by atoms with Gasteiger partial charge in [0, 0.05) is 12.6 Å². The Balaban J connectivity index is 1.96. The van der Waals surface area contributed by atoms with E-state index in [0.29, 0.717) is 18.3 Å². The van der Waals surface area contributed by atoms with E-state index in [1.165, 1.54) is 12.1 Å². The SMILES string of the molecule is CC(C)C[C@H](C(N)=O)N(Cc1ccccc1C(F)(F)F)C1CCC2CNCC21. The fourth-order valence-corrected chi connectivity index (χ4v) is 4.98. The maximum atomic E-state index is 13.5. The van der Waals surface area contributed by atoms with Crippen molar-refractivity contribution in [2.75, 3.05) is 13.1 Å². The van der Waals surface area contributed by atoms with Gasteiger partial charge in [-0.3, -0.25) is 9.69 Å². The summed E-state index contributed by atoms with van der Waals surface area (Å²) in [6, 6.07) is 5.16. The summed E-state index contributed by atoms with van der Waals surface area (Å²) in [6.45, 7) is 5.89. The van der Waals surface area contributed by atoms with Crippen molar-refractivity contribution in [3.8, 4) is 0 Å². The van der Waals surface area contributed by atoms with Crippen molar-refractivity contribution < 1.29 is 18.0 Å². The predicted octanol–water partition coefficient (Wildman–Crippen LogP) is 3.41. The Morgan fingerprint density at radius 2 is 1.96 bits per heavy atom. The van der Waals surface area contributed by atoms with E-state index in [4.69, 9.17) is 5.73 Å². The predicted molar refractivity (Wildman–Crippen MR) is 102 cm³/mol. The summed E-state index contributed by atoms with van der Waals surface area (Å²) in [5.41, 5.74) is 5.32. The van der Waals surface area contributed by atoms with Crippen molar-refractivity contribution in [2.24, 2.45) is 23.5 Å². The molecule has 1 heterocycles. The minimum atomic E-state index is -4.42. The van der Waals surface area contributed by atoms with Gasteiger partial charge in [0.2, 0.25) is 5.91 Å². The molecule has 1 aliphatic heterocycles. The van der Waals surface area contributed by atoms with Crippen LogP contribution in [0.25, 0.3) is 0 Å². The molecule has 7 heteroatoms. The molecule has 3 unspecified atom stereocenters. The molecule has 1 amide bonds. The van der Waals surface area contributed by atoms with Crippen molar-refractivity contribution in [1.29, 1.82) is 0 Å². The zero-order chi connectivity index (χ0) is 20.5. The molecule has 0 spiro atoms. The number of benzene rings is 1. The van der Waals surface area contributed by atoms with Gasteiger partial charge in [-0.15, -0.1) is 0 Å². The van der Waals surface area contributed by atoms with E-state index in [9.17, 15) is 18.0 Å². The Bertz CT molecular complexity index is 692. The third-order valence-corrected chi connectivity index (χ3v) is 6.24. The Morgan fingerprint density at radius 3 is 2.61 bits per heavy atom. The summed E-state index contributed by atoms with van der Waals surface area (Å²) < 4.78 is 40.6. The number of carbonyl (C=O) groups is 1. The van der Waals surface area contributed by atoms with E-state index in [1.807, 2.05) is 18.7 Å². The number of fused-ring (bicyclic) bond motifs is 1. The number of hydrogen-bond acceptors (Lipinski definition) is 3. The number of nitrogens with one attached hydrogen (secondary N) is 1. The Morgan fingerprint density at radius 1 is 1.25 bits per heavy atom. The molecule has 1 aromatic carbocycles. The lowest BCUT2D eigenvalue weighted by Crippen LogP contribution is -2.52. The maximum Gasteiger partial charge on any atom is 0.416 e. The number of primary amides is 1. The normalized spacial score (nSPS) is 26.0. The topological polar surface area (TPSA) is 58.4 Å². The van der Waals surface area contributed by atoms with E-state index >= 15 is 0 Å². The molecule has 2 fully saturated rings. The van der Waals surface area contributed by atoms with Gasteiger partial charge in [0.25, 0.3) is 0 Å². The number of hydrogen-bond donors (Lipinski definition) is 2. The third-order valence-electron chi connectivity index (χ3n) is 6.24. The van der Waals surface area contributed by atoms with E-state index in [1.54, 1.807) is 6.07 Å². The van der Waals surface area contributed by atoms with Crippen molar-refractivity contribution in [3.05, 3.63) is 35.4 Å². The molecule has 3 N–H and O–H groups in total. The van der Waals surface area contributed by atoms with Gasteiger partial charge in [0.05, 0.1) is 11.6 Å². The van der Waals surface area contributed by atoms with E-state index in [2.05, 4.69) is 5.32 Å². The summed E-state index contributed by atoms with van der Waals surface area (Å²) in [4.78, 5) is 14.3. The molecule has 3 rings (SSSR count).